The van der Waals surface area contributed by atoms with Crippen LogP contribution in [0.2, 0.25) is 0 Å². The Balaban J connectivity index is 2.43. The predicted molar refractivity (Wildman–Crippen MR) is 62.3 cm³/mol. The Morgan fingerprint density at radius 1 is 1.40 bits per heavy atom. The van der Waals surface area contributed by atoms with Gasteiger partial charge in [-0.25, -0.2) is 0 Å². The summed E-state index contributed by atoms with van der Waals surface area (Å²) in [5, 5.41) is 0. The molecule has 0 saturated heterocycles. The van der Waals surface area contributed by atoms with Crippen LogP contribution in [0.4, 0.5) is 0 Å². The van der Waals surface area contributed by atoms with Crippen molar-refractivity contribution < 1.29 is 9.53 Å². The summed E-state index contributed by atoms with van der Waals surface area (Å²) in [4.78, 5) is 12.9. The minimum atomic E-state index is -0.258. The van der Waals surface area contributed by atoms with Crippen molar-refractivity contribution >= 4 is 25.4 Å². The van der Waals surface area contributed by atoms with Gasteiger partial charge in [-0.15, -0.1) is 0 Å². The molecule has 0 aliphatic rings. The number of hydrogen-bond acceptors (Lipinski definition) is 2. The van der Waals surface area contributed by atoms with Gasteiger partial charge in [0.15, 0.2) is 0 Å². The van der Waals surface area contributed by atoms with E-state index in [1.165, 1.54) is 16.1 Å². The Labute approximate surface area is 96.5 Å². The third-order valence-corrected chi connectivity index (χ3v) is 3.43. The Hall–Kier alpha value is -1.05. The van der Waals surface area contributed by atoms with E-state index in [1.807, 2.05) is 4.97 Å². The molecule has 0 radical (unpaired) electrons. The van der Waals surface area contributed by atoms with Crippen molar-refractivity contribution in [2.45, 2.75) is 13.8 Å². The first kappa shape index (κ1) is 12.0. The van der Waals surface area contributed by atoms with E-state index >= 15 is 0 Å². The fourth-order valence-electron chi connectivity index (χ4n) is 0.975. The van der Waals surface area contributed by atoms with Crippen molar-refractivity contribution in [3.63, 3.8) is 0 Å². The second-order valence-electron chi connectivity index (χ2n) is 2.99. The number of benzene rings is 1. The summed E-state index contributed by atoms with van der Waals surface area (Å²) in [7, 11) is 0. The average molecular weight is 269 g/mol. The number of hydrogen-bond donors (Lipinski definition) is 0. The fraction of sp³-hybridized carbons (Fsp3) is 0.250. The molecule has 2 nitrogen and oxygen atoms in total. The molecule has 1 aromatic carbocycles. The van der Waals surface area contributed by atoms with Crippen LogP contribution in [0.1, 0.15) is 12.5 Å². The normalized spacial score (nSPS) is 10.5. The SMILES string of the molecule is CCOC(=O)/C=C\[Se]c1ccc(C)cc1. The molecule has 0 spiro atoms. The van der Waals surface area contributed by atoms with Gasteiger partial charge >= 0.3 is 96.3 Å². The number of carbonyl (C=O) groups is 1. The molecule has 80 valence electrons. The maximum atomic E-state index is 11.0. The van der Waals surface area contributed by atoms with Gasteiger partial charge < -0.3 is 0 Å². The Morgan fingerprint density at radius 2 is 2.07 bits per heavy atom. The van der Waals surface area contributed by atoms with Gasteiger partial charge in [-0.05, 0) is 0 Å². The van der Waals surface area contributed by atoms with Gasteiger partial charge in [-0.2, -0.15) is 0 Å². The summed E-state index contributed by atoms with van der Waals surface area (Å²) < 4.78 is 6.04. The Morgan fingerprint density at radius 3 is 2.67 bits per heavy atom. The summed E-state index contributed by atoms with van der Waals surface area (Å²) in [5.41, 5.74) is 1.25. The van der Waals surface area contributed by atoms with Crippen LogP contribution in [0, 0.1) is 6.92 Å². The third-order valence-electron chi connectivity index (χ3n) is 1.72. The first-order valence-electron chi connectivity index (χ1n) is 4.79. The zero-order valence-corrected chi connectivity index (χ0v) is 10.6. The quantitative estimate of drug-likeness (QED) is 0.469. The molecule has 0 aliphatic carbocycles. The van der Waals surface area contributed by atoms with Gasteiger partial charge in [0.2, 0.25) is 0 Å². The van der Waals surface area contributed by atoms with Gasteiger partial charge in [-0.3, -0.25) is 0 Å². The molecule has 1 aromatic rings. The summed E-state index contributed by atoms with van der Waals surface area (Å²) in [6.07, 6.45) is 1.50. The average Bonchev–Trinajstić information content (AvgIpc) is 2.21. The van der Waals surface area contributed by atoms with Crippen molar-refractivity contribution in [1.82, 2.24) is 0 Å². The second kappa shape index (κ2) is 6.44. The van der Waals surface area contributed by atoms with Crippen molar-refractivity contribution in [2.24, 2.45) is 0 Å². The molecule has 0 bridgehead atoms. The molecule has 15 heavy (non-hydrogen) atoms. The number of rotatable bonds is 4. The van der Waals surface area contributed by atoms with E-state index in [-0.39, 0.29) is 20.9 Å². The maximum absolute atomic E-state index is 11.0. The molecule has 3 heteroatoms. The second-order valence-corrected chi connectivity index (χ2v) is 5.04. The molecule has 0 aliphatic heterocycles. The van der Waals surface area contributed by atoms with E-state index < -0.39 is 0 Å². The van der Waals surface area contributed by atoms with Gasteiger partial charge in [0.05, 0.1) is 0 Å². The molecule has 0 heterocycles. The summed E-state index contributed by atoms with van der Waals surface area (Å²) in [6.45, 7) is 4.29. The van der Waals surface area contributed by atoms with E-state index in [4.69, 9.17) is 4.74 Å². The van der Waals surface area contributed by atoms with Gasteiger partial charge in [0.25, 0.3) is 0 Å². The van der Waals surface area contributed by atoms with E-state index in [1.54, 1.807) is 6.92 Å². The summed E-state index contributed by atoms with van der Waals surface area (Å²) >= 11 is 0.209. The van der Waals surface area contributed by atoms with Crippen molar-refractivity contribution in [3.05, 3.63) is 40.9 Å². The molecular weight excluding hydrogens is 255 g/mol. The van der Waals surface area contributed by atoms with Crippen LogP contribution < -0.4 is 4.46 Å². The molecule has 0 fully saturated rings. The van der Waals surface area contributed by atoms with Crippen molar-refractivity contribution in [3.8, 4) is 0 Å². The number of ether oxygens (including phenoxy) is 1. The zero-order chi connectivity index (χ0) is 11.1. The number of carbonyl (C=O) groups excluding carboxylic acids is 1. The van der Waals surface area contributed by atoms with E-state index in [0.29, 0.717) is 6.61 Å². The molecule has 0 N–H and O–H groups in total. The van der Waals surface area contributed by atoms with Crippen molar-refractivity contribution in [1.29, 1.82) is 0 Å². The number of esters is 1. The molecular formula is C12H14O2Se. The molecule has 0 unspecified atom stereocenters. The van der Waals surface area contributed by atoms with E-state index in [0.717, 1.165) is 0 Å². The van der Waals surface area contributed by atoms with Crippen LogP contribution in [0.3, 0.4) is 0 Å². The van der Waals surface area contributed by atoms with Crippen LogP contribution in [-0.2, 0) is 9.53 Å². The van der Waals surface area contributed by atoms with Crippen LogP contribution in [0.25, 0.3) is 0 Å². The Kier molecular flexibility index (Phi) is 5.16. The minimum absolute atomic E-state index is 0.209. The van der Waals surface area contributed by atoms with Crippen molar-refractivity contribution in [2.75, 3.05) is 6.61 Å². The molecule has 0 aromatic heterocycles. The predicted octanol–water partition coefficient (Wildman–Crippen LogP) is 1.40. The first-order valence-corrected chi connectivity index (χ1v) is 6.63. The summed E-state index contributed by atoms with van der Waals surface area (Å²) in [5.74, 6) is -0.258. The summed E-state index contributed by atoms with van der Waals surface area (Å²) in [6, 6.07) is 8.33. The topological polar surface area (TPSA) is 26.3 Å². The monoisotopic (exact) mass is 270 g/mol. The molecule has 0 amide bonds. The number of aryl methyl sites for hydroxylation is 1. The van der Waals surface area contributed by atoms with E-state index in [2.05, 4.69) is 31.2 Å². The molecule has 1 rings (SSSR count). The molecule has 0 atom stereocenters. The van der Waals surface area contributed by atoms with E-state index in [9.17, 15) is 4.79 Å². The third kappa shape index (κ3) is 4.82. The van der Waals surface area contributed by atoms with Gasteiger partial charge in [0.1, 0.15) is 0 Å². The van der Waals surface area contributed by atoms with Crippen LogP contribution in [0.5, 0.6) is 0 Å². The van der Waals surface area contributed by atoms with Crippen LogP contribution in [-0.4, -0.2) is 27.5 Å². The van der Waals surface area contributed by atoms with Gasteiger partial charge in [0, 0.05) is 0 Å². The standard InChI is InChI=1S/C12H14O2Se/c1-3-14-12(13)8-9-15-11-6-4-10(2)5-7-11/h4-9H,3H2,1-2H3/b9-8-. The van der Waals surface area contributed by atoms with Crippen LogP contribution >= 0.6 is 0 Å². The Bertz CT molecular complexity index is 341. The zero-order valence-electron chi connectivity index (χ0n) is 8.90. The first-order chi connectivity index (χ1) is 7.22. The fourth-order valence-corrected chi connectivity index (χ4v) is 2.30. The van der Waals surface area contributed by atoms with Crippen LogP contribution in [0.15, 0.2) is 35.3 Å². The van der Waals surface area contributed by atoms with Gasteiger partial charge in [-0.1, -0.05) is 0 Å². The molecule has 0 saturated carbocycles.